The van der Waals surface area contributed by atoms with Crippen LogP contribution >= 0.6 is 15.9 Å². The van der Waals surface area contributed by atoms with Crippen LogP contribution in [0, 0.1) is 17.6 Å². The summed E-state index contributed by atoms with van der Waals surface area (Å²) in [7, 11) is 0. The minimum atomic E-state index is -0.948. The number of ether oxygens (including phenoxy) is 1. The van der Waals surface area contributed by atoms with Gasteiger partial charge < -0.3 is 40.7 Å². The average molecular weight is 2510 g/mol. The number of nitrogens with zero attached hydrogens (tertiary/aromatic N) is 5. The summed E-state index contributed by atoms with van der Waals surface area (Å²) in [6, 6.07) is 45.5. The summed E-state index contributed by atoms with van der Waals surface area (Å²) >= 11 is 38.2. The van der Waals surface area contributed by atoms with Gasteiger partial charge in [-0.3, -0.25) is 24.5 Å². The van der Waals surface area contributed by atoms with Gasteiger partial charge in [0.2, 0.25) is 11.7 Å². The Bertz CT molecular complexity index is 4880. The van der Waals surface area contributed by atoms with E-state index in [-0.39, 0.29) is 149 Å². The molecule has 17 nitrogen and oxygen atoms in total. The first-order chi connectivity index (χ1) is 60.6. The van der Waals surface area contributed by atoms with Gasteiger partial charge in [-0.15, -0.1) is 0 Å². The van der Waals surface area contributed by atoms with Gasteiger partial charge in [0.15, 0.2) is 17.4 Å². The first-order valence-corrected chi connectivity index (χ1v) is 270. The Kier molecular flexibility index (Phi) is 141. The molecule has 4 atom stereocenters. The first-order valence-electron chi connectivity index (χ1n) is 45.3. The Labute approximate surface area is 1430 Å². The standard InChI is InChI=1S/C35H26F2N4O3.C26H18BrF2NO3.C14H19N3O3.29K.H/c36-25-8-5-20(6-9-25)28-12-23(19-1-3-21(4-2-19)35(42)41-16-26(37)17-41)11-24-13-31(44-33(24)28)30-18-43-34(40-30)29-14-27(29)22-7-10-32(38)39-15-22;27-12-23(31)24-11-19-9-18(10-22(25(19)33-24)16-5-7-20(28)8-6-16)15-1-3-17(4-2-15)26(32)30-13-21(29)14-30;1-14(2,3)20-13(19)17-11-5-4-8(7-16-11)9-6-10(9)12(15)18;;;;;;;;;;;;;;;;;;;;;;;;;;;;;;/h1-13,15,18,26-27,29H,14,16-17H2,(H2,38,39);1-11,21H,12-14H2;4-5,7,9-10H,6H2,1-3H3,(H2,15,18)(H,16,17,19);;;;;;;;;;;;;;;;;;;;;;;;;;;;;;/q;;;;;;;;;;;;;;;;;;;;;;;;;;;;;;;+1;-1/t27-,29+;;9-,10+;;;;;;;;;;;;;;;;;;;;;;;;;;;;;;/m1.1............................../s1. The number of halogens is 5. The van der Waals surface area contributed by atoms with E-state index in [2.05, 4.69) is 31.2 Å². The van der Waals surface area contributed by atoms with E-state index >= 15 is 0 Å². The molecule has 0 bridgehead atoms. The maximum absolute atomic E-state index is 13.8. The molecule has 4 amide bonds. The molecular formula is C75H64BrF4K29N8O9. The third kappa shape index (κ3) is 66.3. The van der Waals surface area contributed by atoms with E-state index in [4.69, 9.17) is 34.4 Å². The number of rotatable bonds is 14. The monoisotopic (exact) mass is 2510 g/mol. The molecule has 11 aromatic rings. The van der Waals surface area contributed by atoms with Gasteiger partial charge in [0.25, 0.3) is 11.8 Å². The van der Waals surface area contributed by atoms with Gasteiger partial charge in [-0.05, 0) is 187 Å². The number of primary amides is 1. The number of benzene rings is 6. The van der Waals surface area contributed by atoms with Crippen LogP contribution in [-0.4, -0.2) is 988 Å². The Hall–Kier alpha value is 36.7. The number of hydrogen-bond donors (Lipinski definition) is 3. The number of fused-ring (bicyclic) bond motifs is 2. The van der Waals surface area contributed by atoms with Crippen molar-refractivity contribution in [2.45, 2.75) is 69.3 Å². The van der Waals surface area contributed by atoms with Crippen LogP contribution in [0.1, 0.15) is 101 Å². The second kappa shape index (κ2) is 107. The molecule has 2 aliphatic carbocycles. The van der Waals surface area contributed by atoms with Gasteiger partial charge in [0, 0.05) is 57.3 Å². The van der Waals surface area contributed by atoms with E-state index in [1.165, 1.54) is 918 Å². The van der Waals surface area contributed by atoms with Crippen LogP contribution < -0.4 is 68.2 Å². The molecule has 126 heavy (non-hydrogen) atoms. The third-order valence-corrected chi connectivity index (χ3v) is 17.7. The summed E-state index contributed by atoms with van der Waals surface area (Å²) in [6.45, 7) is 5.91. The molecule has 5 aromatic heterocycles. The molecule has 4 aliphatic rings. The number of nitrogen functional groups attached to an aromatic ring is 1. The van der Waals surface area contributed by atoms with Gasteiger partial charge in [0.1, 0.15) is 64.3 Å². The predicted molar refractivity (Wildman–Crippen MR) is 524 cm³/mol. The molecule has 15 rings (SSSR count). The van der Waals surface area contributed by atoms with Crippen LogP contribution in [0.4, 0.5) is 34.0 Å². The number of nitrogens with two attached hydrogens (primary N) is 2. The normalized spacial score (nSPS) is 14.2. The number of aromatic nitrogens is 3. The zero-order valence-electron chi connectivity index (χ0n) is 82.6. The molecule has 51 heteroatoms. The fraction of sp³-hybridized carbons (Fsp3) is 0.227. The Morgan fingerprint density at radius 1 is 0.500 bits per heavy atom. The first kappa shape index (κ1) is 167. The summed E-state index contributed by atoms with van der Waals surface area (Å²) in [6.07, 6.45) is 4.33. The van der Waals surface area contributed by atoms with Crippen molar-refractivity contribution in [3.05, 3.63) is 222 Å². The summed E-state index contributed by atoms with van der Waals surface area (Å²) < 4.78 is 76.9. The molecule has 2 aliphatic heterocycles. The van der Waals surface area contributed by atoms with Crippen LogP contribution in [0.5, 0.6) is 0 Å². The van der Waals surface area contributed by atoms with Gasteiger partial charge in [-0.25, -0.2) is 37.3 Å². The summed E-state index contributed by atoms with van der Waals surface area (Å²) in [5.41, 5.74) is 21.9. The van der Waals surface area contributed by atoms with Gasteiger partial charge in [0.05, 0.1) is 31.5 Å². The van der Waals surface area contributed by atoms with Crippen LogP contribution in [-0.2, 0) is 9.53 Å². The minimum absolute atomic E-state index is 0. The zero-order chi connectivity index (χ0) is 96.0. The van der Waals surface area contributed by atoms with Crippen LogP contribution in [0.2, 0.25) is 0 Å². The summed E-state index contributed by atoms with van der Waals surface area (Å²) in [5, 5.41) is 4.28. The number of likely N-dealkylation sites (tertiary alicyclic amines) is 2. The fourth-order valence-electron chi connectivity index (χ4n) is 11.8. The number of amides is 4. The number of furan rings is 2. The van der Waals surface area contributed by atoms with Gasteiger partial charge >= 0.3 is 942 Å². The molecule has 0 unspecified atom stereocenters. The third-order valence-electron chi connectivity index (χ3n) is 17.2. The molecule has 0 spiro atoms. The summed E-state index contributed by atoms with van der Waals surface area (Å²) in [5.74, 6) is 1.39. The number of Topliss-reactive ketones (excluding diaryl/α,β-unsaturated/α-hetero) is 1. The number of ketones is 1. The fourth-order valence-corrected chi connectivity index (χ4v) is 12.1. The van der Waals surface area contributed by atoms with E-state index in [1.807, 2.05) is 66.7 Å². The number of oxazole rings is 1. The second-order valence-electron chi connectivity index (χ2n) is 25.4. The second-order valence-corrected chi connectivity index (χ2v) is 26.0. The van der Waals surface area contributed by atoms with E-state index in [1.54, 1.807) is 106 Å². The number of carbonyl (C=O) groups is 5. The van der Waals surface area contributed by atoms with Crippen molar-refractivity contribution in [3.8, 4) is 56.0 Å². The van der Waals surface area contributed by atoms with Crippen molar-refractivity contribution in [3.63, 3.8) is 0 Å². The molecule has 6 aromatic carbocycles. The Morgan fingerprint density at radius 2 is 0.897 bits per heavy atom. The number of nitrogens with one attached hydrogen (secondary N) is 1. The maximum atomic E-state index is 13.8. The average Bonchev–Trinajstić information content (AvgIpc) is 1.63. The van der Waals surface area contributed by atoms with Crippen molar-refractivity contribution in [1.29, 1.82) is 0 Å². The molecule has 2 saturated carbocycles. The topological polar surface area (TPSA) is 243 Å². The molecule has 522 valence electrons. The molecule has 5 N–H and O–H groups in total. The Morgan fingerprint density at radius 3 is 1.27 bits per heavy atom. The van der Waals surface area contributed by atoms with Crippen LogP contribution in [0.15, 0.2) is 190 Å². The van der Waals surface area contributed by atoms with Gasteiger partial charge in [-0.1, -0.05) is 76.6 Å². The van der Waals surface area contributed by atoms with Crippen molar-refractivity contribution >= 4 is 963 Å². The van der Waals surface area contributed by atoms with E-state index < -0.39 is 24.0 Å². The van der Waals surface area contributed by atoms with Crippen LogP contribution in [0.25, 0.3) is 77.9 Å². The van der Waals surface area contributed by atoms with E-state index in [0.29, 0.717) is 51.3 Å². The Balaban J connectivity index is -0.000000810. The van der Waals surface area contributed by atoms with Gasteiger partial charge in [-0.2, -0.15) is 0 Å². The molecule has 7 heterocycles. The van der Waals surface area contributed by atoms with E-state index in [0.717, 1.165) is 79.2 Å². The van der Waals surface area contributed by atoms with Crippen molar-refractivity contribution in [2.75, 3.05) is 42.6 Å². The predicted octanol–water partition coefficient (Wildman–Crippen LogP) is 2.35. The SMILES string of the molecule is CC(C)(C)OC(=O)Nc1ccc([C@H]2C[C@@H]2C(N)=O)cn1.Nc1ccc([C@H]2C[C@@H]2c2nc(-c3cc4cc(-c5ccc(C(=O)N6CC(F)C6)cc5)cc(-c5ccc(F)cc5)c4o3)co2)cn1.O=C(CBr)c1cc2cc(-c3ccc(C(=O)N4CC(F)C4)cc3)cc(-c3ccc(F)cc3)c2o1.[H-].[K+].[K][K].[K][K].[K][K].[K][K].[K][K].[K][K].[K][K].[K][K].[K][K].[K][K].[K][K].[K][K].[K][K].[K][K]. The number of hydrogen-bond acceptors (Lipinski definition) is 13. The summed E-state index contributed by atoms with van der Waals surface area (Å²) in [4.78, 5) is 75.9. The zero-order valence-corrected chi connectivity index (χ0v) is 174. The van der Waals surface area contributed by atoms with Crippen molar-refractivity contribution in [1.82, 2.24) is 24.8 Å². The number of alkyl halides is 3. The van der Waals surface area contributed by atoms with E-state index in [9.17, 15) is 41.5 Å². The number of anilines is 2. The van der Waals surface area contributed by atoms with Crippen molar-refractivity contribution < 1.29 is 112 Å². The van der Waals surface area contributed by atoms with Crippen LogP contribution in [0.3, 0.4) is 0 Å². The van der Waals surface area contributed by atoms with Crippen molar-refractivity contribution in [2.24, 2.45) is 11.7 Å². The quantitative estimate of drug-likeness (QED) is 0.0614. The molecule has 0 radical (unpaired) electrons. The number of pyridine rings is 2. The molecule has 4 fully saturated rings. The molecular weight excluding hydrogens is 2450 g/mol. The molecule has 2 saturated heterocycles. The number of carbonyl (C=O) groups excluding carboxylic acids is 5.